The fraction of sp³-hybridized carbons (Fsp3) is 0.250. The summed E-state index contributed by atoms with van der Waals surface area (Å²) < 4.78 is 7.37. The zero-order valence-corrected chi connectivity index (χ0v) is 14.5. The molecule has 0 amide bonds. The molecule has 0 N–H and O–H groups in total. The lowest BCUT2D eigenvalue weighted by Crippen LogP contribution is -2.29. The van der Waals surface area contributed by atoms with Crippen LogP contribution in [0.1, 0.15) is 17.0 Å². The number of methoxy groups -OCH3 is 1. The molecule has 3 nitrogen and oxygen atoms in total. The monoisotopic (exact) mass is 337 g/mol. The van der Waals surface area contributed by atoms with Crippen molar-refractivity contribution in [3.63, 3.8) is 0 Å². The summed E-state index contributed by atoms with van der Waals surface area (Å²) in [5.74, 6) is 0.472. The molecule has 122 valence electrons. The Bertz CT molecular complexity index is 901. The van der Waals surface area contributed by atoms with Gasteiger partial charge in [0.1, 0.15) is 0 Å². The molecule has 2 atom stereocenters. The van der Waals surface area contributed by atoms with E-state index in [-0.39, 0.29) is 17.8 Å². The number of thioether (sulfide) groups is 1. The fourth-order valence-electron chi connectivity index (χ4n) is 3.76. The van der Waals surface area contributed by atoms with Crippen LogP contribution >= 0.6 is 11.8 Å². The number of para-hydroxylation sites is 1. The summed E-state index contributed by atoms with van der Waals surface area (Å²) in [4.78, 5) is 12.5. The molecule has 0 unspecified atom stereocenters. The highest BCUT2D eigenvalue weighted by molar-refractivity contribution is 7.99. The minimum atomic E-state index is -0.166. The van der Waals surface area contributed by atoms with Crippen LogP contribution in [0.3, 0.4) is 0 Å². The molecule has 1 aliphatic rings. The number of aryl methyl sites for hydroxylation is 1. The first kappa shape index (κ1) is 15.3. The maximum Gasteiger partial charge on any atom is 0.310 e. The molecule has 0 saturated heterocycles. The van der Waals surface area contributed by atoms with Gasteiger partial charge in [-0.1, -0.05) is 48.5 Å². The fourth-order valence-corrected chi connectivity index (χ4v) is 5.11. The Balaban J connectivity index is 1.99. The average Bonchev–Trinajstić information content (AvgIpc) is 2.94. The van der Waals surface area contributed by atoms with E-state index in [1.165, 1.54) is 34.2 Å². The number of nitrogens with zero attached hydrogens (tertiary/aromatic N) is 1. The summed E-state index contributed by atoms with van der Waals surface area (Å²) >= 11 is 1.75. The van der Waals surface area contributed by atoms with Crippen LogP contribution < -0.4 is 0 Å². The van der Waals surface area contributed by atoms with Crippen molar-refractivity contribution in [2.24, 2.45) is 13.0 Å². The molecule has 4 rings (SSSR count). The lowest BCUT2D eigenvalue weighted by atomic mass is 9.81. The van der Waals surface area contributed by atoms with Crippen LogP contribution in [0.4, 0.5) is 0 Å². The second-order valence-electron chi connectivity index (χ2n) is 6.12. The molecule has 3 aromatic rings. The molecule has 0 aliphatic carbocycles. The maximum absolute atomic E-state index is 12.5. The molecule has 0 bridgehead atoms. The molecule has 2 aromatic carbocycles. The Morgan fingerprint density at radius 3 is 2.58 bits per heavy atom. The van der Waals surface area contributed by atoms with Gasteiger partial charge in [-0.2, -0.15) is 0 Å². The molecule has 0 saturated carbocycles. The molecule has 2 heterocycles. The highest BCUT2D eigenvalue weighted by Crippen LogP contribution is 2.49. The molecule has 0 fully saturated rings. The highest BCUT2D eigenvalue weighted by Gasteiger charge is 2.39. The molecule has 4 heteroatoms. The zero-order valence-electron chi connectivity index (χ0n) is 13.7. The Morgan fingerprint density at radius 2 is 1.83 bits per heavy atom. The molecular weight excluding hydrogens is 318 g/mol. The van der Waals surface area contributed by atoms with Gasteiger partial charge in [0, 0.05) is 35.2 Å². The second-order valence-corrected chi connectivity index (χ2v) is 7.13. The van der Waals surface area contributed by atoms with Crippen LogP contribution in [-0.4, -0.2) is 23.4 Å². The summed E-state index contributed by atoms with van der Waals surface area (Å²) in [7, 11) is 3.59. The lowest BCUT2D eigenvalue weighted by Gasteiger charge is -2.30. The molecule has 0 radical (unpaired) electrons. The lowest BCUT2D eigenvalue weighted by molar-refractivity contribution is -0.145. The third-order valence-corrected chi connectivity index (χ3v) is 6.16. The second kappa shape index (κ2) is 6.02. The van der Waals surface area contributed by atoms with E-state index in [1.807, 2.05) is 18.2 Å². The maximum atomic E-state index is 12.5. The van der Waals surface area contributed by atoms with Gasteiger partial charge in [-0.15, -0.1) is 11.8 Å². The number of esters is 1. The van der Waals surface area contributed by atoms with Crippen LogP contribution in [0, 0.1) is 5.92 Å². The third-order valence-electron chi connectivity index (χ3n) is 4.87. The number of aromatic nitrogens is 1. The van der Waals surface area contributed by atoms with Crippen molar-refractivity contribution in [1.29, 1.82) is 0 Å². The number of benzene rings is 2. The van der Waals surface area contributed by atoms with E-state index in [2.05, 4.69) is 48.0 Å². The number of carbonyl (C=O) groups is 1. The number of rotatable bonds is 2. The van der Waals surface area contributed by atoms with Crippen LogP contribution in [0.2, 0.25) is 0 Å². The van der Waals surface area contributed by atoms with Crippen molar-refractivity contribution >= 4 is 28.6 Å². The molecule has 1 aromatic heterocycles. The van der Waals surface area contributed by atoms with Crippen LogP contribution in [-0.2, 0) is 16.6 Å². The van der Waals surface area contributed by atoms with Crippen molar-refractivity contribution in [3.05, 3.63) is 65.7 Å². The van der Waals surface area contributed by atoms with Crippen LogP contribution in [0.5, 0.6) is 0 Å². The third kappa shape index (κ3) is 2.25. The van der Waals surface area contributed by atoms with E-state index in [0.29, 0.717) is 0 Å². The number of carbonyl (C=O) groups excluding carboxylic acids is 1. The van der Waals surface area contributed by atoms with Gasteiger partial charge >= 0.3 is 5.97 Å². The van der Waals surface area contributed by atoms with Crippen molar-refractivity contribution in [3.8, 4) is 0 Å². The van der Waals surface area contributed by atoms with E-state index in [0.717, 1.165) is 5.75 Å². The smallest absolute Gasteiger partial charge is 0.310 e. The summed E-state index contributed by atoms with van der Waals surface area (Å²) in [6.45, 7) is 0. The minimum absolute atomic E-state index is 0.0287. The first-order valence-corrected chi connectivity index (χ1v) is 9.03. The quantitative estimate of drug-likeness (QED) is 0.657. The van der Waals surface area contributed by atoms with Gasteiger partial charge in [-0.3, -0.25) is 4.79 Å². The van der Waals surface area contributed by atoms with Crippen molar-refractivity contribution in [2.75, 3.05) is 12.9 Å². The minimum Gasteiger partial charge on any atom is -0.469 e. The van der Waals surface area contributed by atoms with Gasteiger partial charge in [-0.05, 0) is 11.6 Å². The van der Waals surface area contributed by atoms with Crippen molar-refractivity contribution < 1.29 is 9.53 Å². The largest absolute Gasteiger partial charge is 0.469 e. The van der Waals surface area contributed by atoms with Crippen molar-refractivity contribution in [2.45, 2.75) is 10.9 Å². The molecular formula is C20H19NO2S. The molecule has 24 heavy (non-hydrogen) atoms. The Hall–Kier alpha value is -2.20. The predicted octanol–water partition coefficient (Wildman–Crippen LogP) is 4.21. The Kier molecular flexibility index (Phi) is 3.85. The average molecular weight is 337 g/mol. The van der Waals surface area contributed by atoms with Crippen LogP contribution in [0.25, 0.3) is 10.9 Å². The van der Waals surface area contributed by atoms with Gasteiger partial charge in [0.05, 0.1) is 18.1 Å². The topological polar surface area (TPSA) is 31.2 Å². The van der Waals surface area contributed by atoms with Gasteiger partial charge in [0.25, 0.3) is 0 Å². The van der Waals surface area contributed by atoms with E-state index < -0.39 is 0 Å². The SMILES string of the molecule is COC(=O)[C@H]1CSc2c(c3ccccc3n2C)[C@@H]1c1ccccc1. The van der Waals surface area contributed by atoms with E-state index in [4.69, 9.17) is 4.74 Å². The number of fused-ring (bicyclic) bond motifs is 3. The Labute approximate surface area is 145 Å². The summed E-state index contributed by atoms with van der Waals surface area (Å²) in [5.41, 5.74) is 3.64. The van der Waals surface area contributed by atoms with Gasteiger partial charge < -0.3 is 9.30 Å². The number of ether oxygens (including phenoxy) is 1. The van der Waals surface area contributed by atoms with E-state index >= 15 is 0 Å². The number of hydrogen-bond acceptors (Lipinski definition) is 3. The first-order valence-electron chi connectivity index (χ1n) is 8.05. The standard InChI is InChI=1S/C20H19NO2S/c1-21-16-11-7-6-10-14(16)18-17(13-8-4-3-5-9-13)15(20(22)23-2)12-24-19(18)21/h3-11,15,17H,12H2,1-2H3/t15-,17+/m0/s1. The Morgan fingerprint density at radius 1 is 1.12 bits per heavy atom. The summed E-state index contributed by atoms with van der Waals surface area (Å²) in [6, 6.07) is 18.7. The van der Waals surface area contributed by atoms with E-state index in [1.54, 1.807) is 11.8 Å². The summed E-state index contributed by atoms with van der Waals surface area (Å²) in [5, 5.41) is 2.48. The normalized spacial score (nSPS) is 19.9. The van der Waals surface area contributed by atoms with Gasteiger partial charge in [0.2, 0.25) is 0 Å². The van der Waals surface area contributed by atoms with E-state index in [9.17, 15) is 4.79 Å². The first-order chi connectivity index (χ1) is 11.7. The predicted molar refractivity (Wildman–Crippen MR) is 97.4 cm³/mol. The number of hydrogen-bond donors (Lipinski definition) is 0. The highest BCUT2D eigenvalue weighted by atomic mass is 32.2. The molecule has 1 aliphatic heterocycles. The van der Waals surface area contributed by atoms with Gasteiger partial charge in [0.15, 0.2) is 0 Å². The summed E-state index contributed by atoms with van der Waals surface area (Å²) in [6.07, 6.45) is 0. The zero-order chi connectivity index (χ0) is 16.7. The van der Waals surface area contributed by atoms with Crippen LogP contribution in [0.15, 0.2) is 59.6 Å². The molecule has 0 spiro atoms. The van der Waals surface area contributed by atoms with Gasteiger partial charge in [-0.25, -0.2) is 0 Å². The van der Waals surface area contributed by atoms with Crippen molar-refractivity contribution in [1.82, 2.24) is 4.57 Å².